The molecule has 5 heterocycles. The summed E-state index contributed by atoms with van der Waals surface area (Å²) in [5.41, 5.74) is 9.18. The highest BCUT2D eigenvalue weighted by molar-refractivity contribution is 5.92. The number of piperazine rings is 1. The molecule has 2 amide bonds. The predicted octanol–water partition coefficient (Wildman–Crippen LogP) is 0.163. The van der Waals surface area contributed by atoms with Crippen molar-refractivity contribution in [1.29, 1.82) is 0 Å². The smallest absolute Gasteiger partial charge is 0.273 e. The van der Waals surface area contributed by atoms with Gasteiger partial charge < -0.3 is 25.6 Å². The Bertz CT molecular complexity index is 1290. The van der Waals surface area contributed by atoms with Gasteiger partial charge in [-0.1, -0.05) is 11.3 Å². The SMILES string of the molecule is Nc1nccc2c1CC[C@H]2NC(=O)c1cn(Cc2ccc(N3CCN4C(=O)COCC4C3)nc2)nn1. The quantitative estimate of drug-likeness (QED) is 0.512. The maximum Gasteiger partial charge on any atom is 0.273 e. The number of carbonyl (C=O) groups is 2. The minimum absolute atomic E-state index is 0.0603. The zero-order valence-corrected chi connectivity index (χ0v) is 19.7. The predicted molar refractivity (Wildman–Crippen MR) is 129 cm³/mol. The van der Waals surface area contributed by atoms with E-state index in [4.69, 9.17) is 10.5 Å². The van der Waals surface area contributed by atoms with Gasteiger partial charge in [-0.05, 0) is 41.7 Å². The van der Waals surface area contributed by atoms with Crippen LogP contribution < -0.4 is 16.0 Å². The van der Waals surface area contributed by atoms with E-state index in [1.54, 1.807) is 23.3 Å². The lowest BCUT2D eigenvalue weighted by Crippen LogP contribution is -2.60. The van der Waals surface area contributed by atoms with E-state index in [1.165, 1.54) is 0 Å². The average molecular weight is 490 g/mol. The average Bonchev–Trinajstić information content (AvgIpc) is 3.53. The molecule has 3 aliphatic rings. The van der Waals surface area contributed by atoms with Crippen LogP contribution in [0.25, 0.3) is 0 Å². The van der Waals surface area contributed by atoms with Gasteiger partial charge >= 0.3 is 0 Å². The van der Waals surface area contributed by atoms with Gasteiger partial charge in [0.1, 0.15) is 18.2 Å². The summed E-state index contributed by atoms with van der Waals surface area (Å²) in [6.07, 6.45) is 6.68. The third-order valence-electron chi connectivity index (χ3n) is 7.08. The Morgan fingerprint density at radius 2 is 2.14 bits per heavy atom. The van der Waals surface area contributed by atoms with Crippen molar-refractivity contribution in [1.82, 2.24) is 35.2 Å². The lowest BCUT2D eigenvalue weighted by Gasteiger charge is -2.44. The number of anilines is 2. The summed E-state index contributed by atoms with van der Waals surface area (Å²) in [4.78, 5) is 37.6. The molecule has 3 N–H and O–H groups in total. The molecule has 2 fully saturated rings. The van der Waals surface area contributed by atoms with Crippen molar-refractivity contribution in [3.63, 3.8) is 0 Å². The van der Waals surface area contributed by atoms with Gasteiger partial charge in [0, 0.05) is 32.0 Å². The summed E-state index contributed by atoms with van der Waals surface area (Å²) in [5, 5.41) is 11.2. The van der Waals surface area contributed by atoms with E-state index in [1.807, 2.05) is 23.1 Å². The van der Waals surface area contributed by atoms with Gasteiger partial charge in [0.25, 0.3) is 5.91 Å². The lowest BCUT2D eigenvalue weighted by molar-refractivity contribution is -0.148. The molecule has 0 spiro atoms. The Labute approximate surface area is 207 Å². The highest BCUT2D eigenvalue weighted by Gasteiger charge is 2.34. The van der Waals surface area contributed by atoms with E-state index in [2.05, 4.69) is 30.5 Å². The molecule has 0 radical (unpaired) electrons. The number of aromatic nitrogens is 5. The number of amides is 2. The molecular weight excluding hydrogens is 462 g/mol. The summed E-state index contributed by atoms with van der Waals surface area (Å²) < 4.78 is 7.03. The summed E-state index contributed by atoms with van der Waals surface area (Å²) in [6, 6.07) is 5.82. The van der Waals surface area contributed by atoms with Gasteiger partial charge in [-0.15, -0.1) is 5.10 Å². The molecule has 2 aliphatic heterocycles. The van der Waals surface area contributed by atoms with Gasteiger partial charge in [0.05, 0.1) is 31.4 Å². The number of pyridine rings is 2. The number of hydrogen-bond acceptors (Lipinski definition) is 9. The number of nitrogens with two attached hydrogens (primary N) is 1. The number of carbonyl (C=O) groups excluding carboxylic acids is 2. The standard InChI is InChI=1S/C24H27N9O3/c25-23-18-2-3-19(17(18)5-6-26-23)28-24(35)20-12-32(30-29-20)10-15-1-4-21(27-9-15)31-7-8-33-16(11-31)13-36-14-22(33)34/h1,4-6,9,12,16,19H,2-3,7-8,10-11,13-14H2,(H2,25,26)(H,28,35)/t16?,19-/m1/s1. The van der Waals surface area contributed by atoms with Crippen molar-refractivity contribution < 1.29 is 14.3 Å². The van der Waals surface area contributed by atoms with E-state index < -0.39 is 0 Å². The topological polar surface area (TPSA) is 144 Å². The summed E-state index contributed by atoms with van der Waals surface area (Å²) in [5.74, 6) is 1.18. The number of ether oxygens (including phenoxy) is 1. The molecule has 3 aromatic rings. The number of nitrogens with one attached hydrogen (secondary N) is 1. The van der Waals surface area contributed by atoms with Crippen LogP contribution in [0.1, 0.15) is 39.6 Å². The Kier molecular flexibility index (Phi) is 5.72. The van der Waals surface area contributed by atoms with Crippen LogP contribution in [0.5, 0.6) is 0 Å². The van der Waals surface area contributed by atoms with Crippen LogP contribution in [0, 0.1) is 0 Å². The van der Waals surface area contributed by atoms with Crippen LogP contribution in [0.4, 0.5) is 11.6 Å². The number of nitrogen functional groups attached to an aromatic ring is 1. The van der Waals surface area contributed by atoms with Crippen LogP contribution in [0.3, 0.4) is 0 Å². The molecule has 1 aliphatic carbocycles. The van der Waals surface area contributed by atoms with Gasteiger partial charge in [-0.2, -0.15) is 0 Å². The number of morpholine rings is 1. The van der Waals surface area contributed by atoms with Crippen molar-refractivity contribution >= 4 is 23.5 Å². The first-order valence-corrected chi connectivity index (χ1v) is 12.1. The van der Waals surface area contributed by atoms with Crippen LogP contribution in [0.15, 0.2) is 36.8 Å². The molecule has 0 aromatic carbocycles. The van der Waals surface area contributed by atoms with E-state index in [9.17, 15) is 9.59 Å². The fraction of sp³-hybridized carbons (Fsp3) is 0.417. The van der Waals surface area contributed by atoms with Gasteiger partial charge in [-0.25, -0.2) is 14.6 Å². The lowest BCUT2D eigenvalue weighted by atomic mass is 10.1. The second-order valence-corrected chi connectivity index (χ2v) is 9.36. The molecular formula is C24H27N9O3. The molecule has 12 nitrogen and oxygen atoms in total. The first-order valence-electron chi connectivity index (χ1n) is 12.1. The third kappa shape index (κ3) is 4.24. The maximum atomic E-state index is 12.8. The van der Waals surface area contributed by atoms with Crippen LogP contribution in [-0.4, -0.2) is 80.6 Å². The molecule has 3 aromatic heterocycles. The Morgan fingerprint density at radius 1 is 1.22 bits per heavy atom. The number of nitrogens with zero attached hydrogens (tertiary/aromatic N) is 7. The molecule has 2 saturated heterocycles. The molecule has 1 unspecified atom stereocenters. The maximum absolute atomic E-state index is 12.8. The second kappa shape index (κ2) is 9.19. The minimum Gasteiger partial charge on any atom is -0.383 e. The fourth-order valence-corrected chi connectivity index (χ4v) is 5.21. The third-order valence-corrected chi connectivity index (χ3v) is 7.08. The van der Waals surface area contributed by atoms with Gasteiger partial charge in [0.2, 0.25) is 5.91 Å². The number of rotatable bonds is 5. The first-order chi connectivity index (χ1) is 17.5. The highest BCUT2D eigenvalue weighted by atomic mass is 16.5. The van der Waals surface area contributed by atoms with Crippen LogP contribution in [-0.2, 0) is 22.5 Å². The Hall–Kier alpha value is -4.06. The zero-order valence-electron chi connectivity index (χ0n) is 19.7. The van der Waals surface area contributed by atoms with Crippen molar-refractivity contribution in [3.8, 4) is 0 Å². The summed E-state index contributed by atoms with van der Waals surface area (Å²) >= 11 is 0. The monoisotopic (exact) mass is 489 g/mol. The van der Waals surface area contributed by atoms with Gasteiger partial charge in [-0.3, -0.25) is 9.59 Å². The van der Waals surface area contributed by atoms with Crippen LogP contribution in [0.2, 0.25) is 0 Å². The fourth-order valence-electron chi connectivity index (χ4n) is 5.21. The van der Waals surface area contributed by atoms with Gasteiger partial charge in [0.15, 0.2) is 5.69 Å². The molecule has 36 heavy (non-hydrogen) atoms. The minimum atomic E-state index is -0.271. The molecule has 0 saturated carbocycles. The number of hydrogen-bond donors (Lipinski definition) is 2. The van der Waals surface area contributed by atoms with E-state index in [-0.39, 0.29) is 36.2 Å². The van der Waals surface area contributed by atoms with E-state index >= 15 is 0 Å². The Balaban J connectivity index is 1.06. The normalized spacial score (nSPS) is 21.3. The molecule has 2 atom stereocenters. The Morgan fingerprint density at radius 3 is 3.00 bits per heavy atom. The second-order valence-electron chi connectivity index (χ2n) is 9.36. The van der Waals surface area contributed by atoms with Crippen LogP contribution >= 0.6 is 0 Å². The molecule has 0 bridgehead atoms. The van der Waals surface area contributed by atoms with E-state index in [0.29, 0.717) is 32.1 Å². The zero-order chi connectivity index (χ0) is 24.6. The van der Waals surface area contributed by atoms with E-state index in [0.717, 1.165) is 41.9 Å². The molecule has 6 rings (SSSR count). The first kappa shape index (κ1) is 22.4. The van der Waals surface area contributed by atoms with Crippen molar-refractivity contribution in [2.45, 2.75) is 31.5 Å². The van der Waals surface area contributed by atoms with Crippen molar-refractivity contribution in [2.24, 2.45) is 0 Å². The highest BCUT2D eigenvalue weighted by Crippen LogP contribution is 2.33. The molecule has 12 heteroatoms. The van der Waals surface area contributed by atoms with Crippen molar-refractivity contribution in [2.75, 3.05) is 43.5 Å². The molecule has 186 valence electrons. The van der Waals surface area contributed by atoms with Crippen molar-refractivity contribution in [3.05, 3.63) is 59.2 Å². The largest absolute Gasteiger partial charge is 0.383 e. The number of fused-ring (bicyclic) bond motifs is 2. The summed E-state index contributed by atoms with van der Waals surface area (Å²) in [6.45, 7) is 3.30. The summed E-state index contributed by atoms with van der Waals surface area (Å²) in [7, 11) is 0.